The van der Waals surface area contributed by atoms with Gasteiger partial charge in [-0.25, -0.2) is 0 Å². The van der Waals surface area contributed by atoms with E-state index in [-0.39, 0.29) is 5.92 Å². The summed E-state index contributed by atoms with van der Waals surface area (Å²) < 4.78 is 1.91. The van der Waals surface area contributed by atoms with E-state index in [2.05, 4.69) is 31.9 Å². The lowest BCUT2D eigenvalue weighted by Gasteiger charge is -2.13. The van der Waals surface area contributed by atoms with Gasteiger partial charge in [-0.05, 0) is 31.0 Å². The third-order valence-electron chi connectivity index (χ3n) is 3.42. The molecular weight excluding hydrogens is 344 g/mol. The van der Waals surface area contributed by atoms with Crippen LogP contribution in [0.25, 0.3) is 0 Å². The highest BCUT2D eigenvalue weighted by Crippen LogP contribution is 2.30. The second kappa shape index (κ2) is 6.14. The molecule has 1 aromatic rings. The molecule has 0 aromatic heterocycles. The van der Waals surface area contributed by atoms with Crippen molar-refractivity contribution in [3.05, 3.63) is 32.7 Å². The molecule has 1 saturated carbocycles. The highest BCUT2D eigenvalue weighted by Gasteiger charge is 2.22. The number of rotatable bonds is 2. The molecule has 0 N–H and O–H groups in total. The van der Waals surface area contributed by atoms with Crippen LogP contribution >= 0.6 is 31.9 Å². The largest absolute Gasteiger partial charge is 0.294 e. The summed E-state index contributed by atoms with van der Waals surface area (Å²) in [5.41, 5.74) is 0.833. The van der Waals surface area contributed by atoms with E-state index >= 15 is 0 Å². The van der Waals surface area contributed by atoms with Crippen molar-refractivity contribution in [1.82, 2.24) is 0 Å². The first-order chi connectivity index (χ1) is 8.18. The number of Topliss-reactive ketones (excluding diaryl/α,β-unsaturated/α-hetero) is 1. The molecule has 1 fully saturated rings. The molecule has 1 nitrogen and oxygen atoms in total. The third-order valence-corrected chi connectivity index (χ3v) is 4.57. The fourth-order valence-electron chi connectivity index (χ4n) is 2.45. The Morgan fingerprint density at radius 1 is 1.06 bits per heavy atom. The topological polar surface area (TPSA) is 17.1 Å². The molecular formula is C14H16Br2O. The van der Waals surface area contributed by atoms with Crippen LogP contribution in [0.5, 0.6) is 0 Å². The molecule has 0 aliphatic heterocycles. The minimum Gasteiger partial charge on any atom is -0.294 e. The quantitative estimate of drug-likeness (QED) is 0.512. The van der Waals surface area contributed by atoms with Crippen molar-refractivity contribution in [3.8, 4) is 0 Å². The predicted octanol–water partition coefficient (Wildman–Crippen LogP) is 5.36. The first-order valence-electron chi connectivity index (χ1n) is 6.18. The van der Waals surface area contributed by atoms with Crippen LogP contribution in [-0.4, -0.2) is 5.78 Å². The zero-order chi connectivity index (χ0) is 12.3. The summed E-state index contributed by atoms with van der Waals surface area (Å²) in [7, 11) is 0. The van der Waals surface area contributed by atoms with E-state index in [0.717, 1.165) is 27.4 Å². The van der Waals surface area contributed by atoms with Gasteiger partial charge in [0.1, 0.15) is 0 Å². The molecule has 1 aromatic carbocycles. The van der Waals surface area contributed by atoms with Crippen molar-refractivity contribution >= 4 is 37.6 Å². The molecule has 0 saturated heterocycles. The highest BCUT2D eigenvalue weighted by atomic mass is 79.9. The first kappa shape index (κ1) is 13.3. The summed E-state index contributed by atoms with van der Waals surface area (Å²) in [6.07, 6.45) is 7.08. The Balaban J connectivity index is 2.17. The maximum atomic E-state index is 12.4. The molecule has 3 heteroatoms. The van der Waals surface area contributed by atoms with Gasteiger partial charge in [-0.2, -0.15) is 0 Å². The second-order valence-corrected chi connectivity index (χ2v) is 6.45. The Bertz CT molecular complexity index is 407. The third kappa shape index (κ3) is 3.41. The zero-order valence-corrected chi connectivity index (χ0v) is 12.9. The van der Waals surface area contributed by atoms with E-state index in [0.29, 0.717) is 5.78 Å². The van der Waals surface area contributed by atoms with Crippen LogP contribution in [-0.2, 0) is 0 Å². The summed E-state index contributed by atoms with van der Waals surface area (Å²) in [6, 6.07) is 5.81. The van der Waals surface area contributed by atoms with E-state index in [1.54, 1.807) is 0 Å². The molecule has 92 valence electrons. The predicted molar refractivity (Wildman–Crippen MR) is 77.4 cm³/mol. The molecule has 0 bridgehead atoms. The van der Waals surface area contributed by atoms with Crippen molar-refractivity contribution in [3.63, 3.8) is 0 Å². The van der Waals surface area contributed by atoms with Gasteiger partial charge < -0.3 is 0 Å². The molecule has 2 rings (SSSR count). The molecule has 0 heterocycles. The van der Waals surface area contributed by atoms with Gasteiger partial charge in [0.05, 0.1) is 0 Å². The van der Waals surface area contributed by atoms with Crippen molar-refractivity contribution < 1.29 is 4.79 Å². The highest BCUT2D eigenvalue weighted by molar-refractivity contribution is 9.11. The second-order valence-electron chi connectivity index (χ2n) is 4.68. The monoisotopic (exact) mass is 358 g/mol. The van der Waals surface area contributed by atoms with E-state index in [4.69, 9.17) is 0 Å². The number of halogens is 2. The number of hydrogen-bond acceptors (Lipinski definition) is 1. The summed E-state index contributed by atoms with van der Waals surface area (Å²) in [5.74, 6) is 0.543. The van der Waals surface area contributed by atoms with E-state index < -0.39 is 0 Å². The Morgan fingerprint density at radius 2 is 1.71 bits per heavy atom. The molecule has 0 amide bonds. The van der Waals surface area contributed by atoms with Crippen LogP contribution in [0.3, 0.4) is 0 Å². The Labute approximate surface area is 119 Å². The Kier molecular flexibility index (Phi) is 4.80. The van der Waals surface area contributed by atoms with Crippen LogP contribution < -0.4 is 0 Å². The van der Waals surface area contributed by atoms with Gasteiger partial charge in [0, 0.05) is 20.4 Å². The number of hydrogen-bond donors (Lipinski definition) is 0. The number of carbonyl (C=O) groups is 1. The summed E-state index contributed by atoms with van der Waals surface area (Å²) >= 11 is 6.90. The molecule has 17 heavy (non-hydrogen) atoms. The van der Waals surface area contributed by atoms with Crippen molar-refractivity contribution in [2.24, 2.45) is 5.92 Å². The molecule has 0 unspecified atom stereocenters. The first-order valence-corrected chi connectivity index (χ1v) is 7.76. The van der Waals surface area contributed by atoms with Gasteiger partial charge >= 0.3 is 0 Å². The Morgan fingerprint density at radius 3 is 2.29 bits per heavy atom. The summed E-state index contributed by atoms with van der Waals surface area (Å²) in [4.78, 5) is 12.4. The lowest BCUT2D eigenvalue weighted by Crippen LogP contribution is -2.14. The van der Waals surface area contributed by atoms with E-state index in [1.165, 1.54) is 25.7 Å². The van der Waals surface area contributed by atoms with Crippen LogP contribution in [0.4, 0.5) is 0 Å². The van der Waals surface area contributed by atoms with Crippen molar-refractivity contribution in [2.75, 3.05) is 0 Å². The van der Waals surface area contributed by atoms with Crippen molar-refractivity contribution in [1.29, 1.82) is 0 Å². The molecule has 0 radical (unpaired) electrons. The maximum absolute atomic E-state index is 12.4. The number of benzene rings is 1. The van der Waals surface area contributed by atoms with Crippen molar-refractivity contribution in [2.45, 2.75) is 38.5 Å². The van der Waals surface area contributed by atoms with Gasteiger partial charge in [0.2, 0.25) is 0 Å². The standard InChI is InChI=1S/C14H16Br2O/c15-11-7-8-12(13(16)9-11)14(17)10-5-3-1-2-4-6-10/h7-10H,1-6H2. The average Bonchev–Trinajstić information content (AvgIpc) is 2.56. The SMILES string of the molecule is O=C(c1ccc(Br)cc1Br)C1CCCCCC1. The minimum atomic E-state index is 0.231. The molecule has 1 aliphatic carbocycles. The van der Waals surface area contributed by atoms with Gasteiger partial charge in [-0.3, -0.25) is 4.79 Å². The average molecular weight is 360 g/mol. The van der Waals surface area contributed by atoms with Gasteiger partial charge in [-0.15, -0.1) is 0 Å². The normalized spacial score (nSPS) is 17.8. The smallest absolute Gasteiger partial charge is 0.167 e. The van der Waals surface area contributed by atoms with Gasteiger partial charge in [0.15, 0.2) is 5.78 Å². The van der Waals surface area contributed by atoms with Crippen LogP contribution in [0.15, 0.2) is 27.1 Å². The van der Waals surface area contributed by atoms with Crippen LogP contribution in [0, 0.1) is 5.92 Å². The fourth-order valence-corrected chi connectivity index (χ4v) is 3.69. The zero-order valence-electron chi connectivity index (χ0n) is 9.72. The molecule has 0 spiro atoms. The summed E-state index contributed by atoms with van der Waals surface area (Å²) in [5, 5.41) is 0. The van der Waals surface area contributed by atoms with Crippen LogP contribution in [0.1, 0.15) is 48.9 Å². The Hall–Kier alpha value is -0.150. The maximum Gasteiger partial charge on any atom is 0.167 e. The lowest BCUT2D eigenvalue weighted by molar-refractivity contribution is 0.0907. The number of ketones is 1. The van der Waals surface area contributed by atoms with Gasteiger partial charge in [-0.1, -0.05) is 57.5 Å². The van der Waals surface area contributed by atoms with E-state index in [1.807, 2.05) is 18.2 Å². The molecule has 1 aliphatic rings. The summed E-state index contributed by atoms with van der Waals surface area (Å²) in [6.45, 7) is 0. The van der Waals surface area contributed by atoms with Gasteiger partial charge in [0.25, 0.3) is 0 Å². The van der Waals surface area contributed by atoms with E-state index in [9.17, 15) is 4.79 Å². The number of carbonyl (C=O) groups excluding carboxylic acids is 1. The lowest BCUT2D eigenvalue weighted by atomic mass is 9.91. The minimum absolute atomic E-state index is 0.231. The fraction of sp³-hybridized carbons (Fsp3) is 0.500. The molecule has 0 atom stereocenters. The van der Waals surface area contributed by atoms with Crippen LogP contribution in [0.2, 0.25) is 0 Å².